The van der Waals surface area contributed by atoms with E-state index in [1.165, 1.54) is 23.7 Å². The summed E-state index contributed by atoms with van der Waals surface area (Å²) in [6.45, 7) is 1.44. The van der Waals surface area contributed by atoms with E-state index in [0.717, 1.165) is 11.1 Å². The number of hydrazine groups is 1. The minimum absolute atomic E-state index is 0.0138. The maximum atomic E-state index is 12.5. The highest BCUT2D eigenvalue weighted by Crippen LogP contribution is 2.29. The van der Waals surface area contributed by atoms with Gasteiger partial charge in [0.05, 0.1) is 17.5 Å². The Balaban J connectivity index is 1.62. The van der Waals surface area contributed by atoms with Gasteiger partial charge in [0, 0.05) is 41.9 Å². The van der Waals surface area contributed by atoms with E-state index >= 15 is 0 Å². The van der Waals surface area contributed by atoms with Gasteiger partial charge in [-0.1, -0.05) is 30.3 Å². The Morgan fingerprint density at radius 2 is 1.79 bits per heavy atom. The lowest BCUT2D eigenvalue weighted by Crippen LogP contribution is -2.32. The maximum Gasteiger partial charge on any atom is 0.414 e. The van der Waals surface area contributed by atoms with Gasteiger partial charge in [-0.05, 0) is 28.9 Å². The maximum absolute atomic E-state index is 12.5. The number of nitro benzene ring substituents is 1. The third-order valence-corrected chi connectivity index (χ3v) is 5.32. The number of nitro groups is 1. The van der Waals surface area contributed by atoms with E-state index in [4.69, 9.17) is 9.84 Å². The van der Waals surface area contributed by atoms with Crippen LogP contribution in [0.5, 0.6) is 0 Å². The number of non-ortho nitro benzene ring substituents is 1. The number of nitrogens with one attached hydrogen (secondary N) is 1. The van der Waals surface area contributed by atoms with E-state index in [1.807, 2.05) is 30.3 Å². The van der Waals surface area contributed by atoms with E-state index in [9.17, 15) is 14.9 Å². The van der Waals surface area contributed by atoms with Crippen molar-refractivity contribution in [3.63, 3.8) is 0 Å². The van der Waals surface area contributed by atoms with Crippen LogP contribution < -0.4 is 5.43 Å². The number of aromatic nitrogens is 3. The van der Waals surface area contributed by atoms with Crippen LogP contribution in [0.4, 0.5) is 5.69 Å². The van der Waals surface area contributed by atoms with Crippen LogP contribution in [0.1, 0.15) is 24.3 Å². The Hall–Kier alpha value is -4.86. The van der Waals surface area contributed by atoms with Crippen molar-refractivity contribution in [3.8, 4) is 16.9 Å². The van der Waals surface area contributed by atoms with Gasteiger partial charge in [-0.3, -0.25) is 15.1 Å². The number of amides is 1. The van der Waals surface area contributed by atoms with Crippen molar-refractivity contribution in [3.05, 3.63) is 107 Å². The van der Waals surface area contributed by atoms with Crippen LogP contribution >= 0.6 is 0 Å². The Bertz CT molecular complexity index is 1400. The number of carbonyl (C=O) groups excluding carboxylic acids is 1. The number of rotatable bonds is 5. The van der Waals surface area contributed by atoms with Crippen molar-refractivity contribution in [1.82, 2.24) is 20.2 Å². The molecular formula is C24H19N6O4+. The normalized spacial score (nSPS) is 15.0. The van der Waals surface area contributed by atoms with Crippen LogP contribution in [-0.4, -0.2) is 36.2 Å². The van der Waals surface area contributed by atoms with Gasteiger partial charge < -0.3 is 4.74 Å². The van der Waals surface area contributed by atoms with Crippen molar-refractivity contribution in [2.75, 3.05) is 0 Å². The van der Waals surface area contributed by atoms with E-state index in [-0.39, 0.29) is 11.6 Å². The largest absolute Gasteiger partial charge is 0.414 e. The zero-order valence-corrected chi connectivity index (χ0v) is 18.0. The molecule has 168 valence electrons. The quantitative estimate of drug-likeness (QED) is 0.279. The monoisotopic (exact) mass is 455 g/mol. The molecule has 1 unspecified atom stereocenters. The second-order valence-electron chi connectivity index (χ2n) is 7.54. The smallest absolute Gasteiger partial charge is 0.408 e. The summed E-state index contributed by atoms with van der Waals surface area (Å²) in [4.78, 5) is 27.1. The topological polar surface area (TPSA) is 115 Å². The van der Waals surface area contributed by atoms with Crippen LogP contribution in [0.15, 0.2) is 85.3 Å². The van der Waals surface area contributed by atoms with Gasteiger partial charge in [0.25, 0.3) is 11.9 Å². The van der Waals surface area contributed by atoms with Crippen molar-refractivity contribution in [2.24, 2.45) is 0 Å². The summed E-state index contributed by atoms with van der Waals surface area (Å²) < 4.78 is 9.17. The molecule has 0 bridgehead atoms. The minimum atomic E-state index is -0.590. The van der Waals surface area contributed by atoms with Crippen molar-refractivity contribution in [1.29, 1.82) is 0 Å². The standard InChI is InChI=1S/C24H19N6O4/c1-16(31)29-24(34-23(27-29)18-11-13-25-14-12-18)21-15-28(19-7-9-20(10-8-19)30(32)33)26-22(21)17-5-3-2-4-6-17/h2-15,23,27H,1H3/q+1. The second-order valence-corrected chi connectivity index (χ2v) is 7.54. The highest BCUT2D eigenvalue weighted by atomic mass is 16.6. The van der Waals surface area contributed by atoms with Gasteiger partial charge in [-0.2, -0.15) is 5.10 Å². The average Bonchev–Trinajstić information content (AvgIpc) is 3.50. The number of hydrogen-bond acceptors (Lipinski definition) is 7. The number of nitrogens with zero attached hydrogens (tertiary/aromatic N) is 5. The van der Waals surface area contributed by atoms with Crippen LogP contribution in [-0.2, 0) is 9.53 Å². The number of hydrogen-bond donors (Lipinski definition) is 1. The van der Waals surface area contributed by atoms with Gasteiger partial charge in [0.15, 0.2) is 0 Å². The van der Waals surface area contributed by atoms with Gasteiger partial charge in [0.2, 0.25) is 0 Å². The molecule has 0 spiro atoms. The Labute approximate surface area is 193 Å². The SMILES string of the molecule is CC(=O)[N+]1=C(c2cn(-c3ccc([N+](=O)[O-])cc3)nc2-c2ccccc2)OC(c2ccncc2)N1. The van der Waals surface area contributed by atoms with Gasteiger partial charge in [-0.25, -0.2) is 9.48 Å². The molecule has 34 heavy (non-hydrogen) atoms. The fourth-order valence-electron chi connectivity index (χ4n) is 3.66. The summed E-state index contributed by atoms with van der Waals surface area (Å²) in [6, 6.07) is 19.2. The van der Waals surface area contributed by atoms with E-state index in [1.54, 1.807) is 47.5 Å². The number of pyridine rings is 1. The second kappa shape index (κ2) is 8.58. The summed E-state index contributed by atoms with van der Waals surface area (Å²) in [5, 5.41) is 15.8. The predicted octanol–water partition coefficient (Wildman–Crippen LogP) is 3.38. The zero-order chi connectivity index (χ0) is 23.7. The van der Waals surface area contributed by atoms with Crippen LogP contribution in [0.2, 0.25) is 0 Å². The summed E-state index contributed by atoms with van der Waals surface area (Å²) in [6.07, 6.45) is 4.45. The third-order valence-electron chi connectivity index (χ3n) is 5.32. The highest BCUT2D eigenvalue weighted by Gasteiger charge is 2.40. The number of benzene rings is 2. The van der Waals surface area contributed by atoms with Gasteiger partial charge >= 0.3 is 11.8 Å². The lowest BCUT2D eigenvalue weighted by molar-refractivity contribution is -0.504. The fourth-order valence-corrected chi connectivity index (χ4v) is 3.66. The molecule has 0 saturated carbocycles. The number of hydrazone groups is 1. The molecule has 1 amide bonds. The first-order valence-electron chi connectivity index (χ1n) is 10.4. The zero-order valence-electron chi connectivity index (χ0n) is 18.0. The molecule has 2 aromatic carbocycles. The Kier molecular flexibility index (Phi) is 5.30. The van der Waals surface area contributed by atoms with Crippen molar-refractivity contribution in [2.45, 2.75) is 13.2 Å². The molecule has 0 saturated heterocycles. The van der Waals surface area contributed by atoms with Crippen molar-refractivity contribution < 1.29 is 19.1 Å². The lowest BCUT2D eigenvalue weighted by atomic mass is 10.1. The van der Waals surface area contributed by atoms with Crippen LogP contribution in [0.25, 0.3) is 16.9 Å². The summed E-state index contributed by atoms with van der Waals surface area (Å²) >= 11 is 0. The average molecular weight is 455 g/mol. The molecule has 1 aliphatic heterocycles. The molecule has 0 fully saturated rings. The first-order chi connectivity index (χ1) is 16.5. The highest BCUT2D eigenvalue weighted by molar-refractivity contribution is 5.99. The first-order valence-corrected chi connectivity index (χ1v) is 10.4. The lowest BCUT2D eigenvalue weighted by Gasteiger charge is -2.06. The molecule has 1 atom stereocenters. The number of carbonyl (C=O) groups is 1. The third kappa shape index (κ3) is 3.88. The van der Waals surface area contributed by atoms with Crippen LogP contribution in [0.3, 0.4) is 0 Å². The molecule has 1 aliphatic rings. The molecule has 4 aromatic rings. The van der Waals surface area contributed by atoms with E-state index < -0.39 is 11.2 Å². The van der Waals surface area contributed by atoms with Gasteiger partial charge in [-0.15, -0.1) is 5.43 Å². The van der Waals surface area contributed by atoms with Crippen LogP contribution in [0, 0.1) is 10.1 Å². The summed E-state index contributed by atoms with van der Waals surface area (Å²) in [7, 11) is 0. The van der Waals surface area contributed by atoms with Crippen molar-refractivity contribution >= 4 is 17.5 Å². The summed E-state index contributed by atoms with van der Waals surface area (Å²) in [5.41, 5.74) is 6.51. The van der Waals surface area contributed by atoms with E-state index in [0.29, 0.717) is 22.8 Å². The first kappa shape index (κ1) is 21.0. The number of ether oxygens (including phenoxy) is 1. The predicted molar refractivity (Wildman–Crippen MR) is 122 cm³/mol. The van der Waals surface area contributed by atoms with Gasteiger partial charge in [0.1, 0.15) is 11.3 Å². The Morgan fingerprint density at radius 1 is 1.09 bits per heavy atom. The summed E-state index contributed by atoms with van der Waals surface area (Å²) in [5.74, 6) is 0.0509. The molecular weight excluding hydrogens is 436 g/mol. The molecule has 0 radical (unpaired) electrons. The molecule has 2 aromatic heterocycles. The minimum Gasteiger partial charge on any atom is -0.408 e. The molecule has 5 rings (SSSR count). The fraction of sp³-hybridized carbons (Fsp3) is 0.0833. The molecule has 10 nitrogen and oxygen atoms in total. The molecule has 10 heteroatoms. The molecule has 3 heterocycles. The molecule has 1 N–H and O–H groups in total. The Morgan fingerprint density at radius 3 is 2.44 bits per heavy atom. The molecule has 0 aliphatic carbocycles. The van der Waals surface area contributed by atoms with E-state index in [2.05, 4.69) is 10.4 Å².